The molecule has 1 saturated carbocycles. The smallest absolute Gasteiger partial charge is 0.300 e. The molecule has 0 saturated heterocycles. The molecule has 2 heterocycles. The van der Waals surface area contributed by atoms with E-state index in [1.165, 1.54) is 19.3 Å². The number of ether oxygens (including phenoxy) is 1. The highest BCUT2D eigenvalue weighted by atomic mass is 16.5. The van der Waals surface area contributed by atoms with E-state index in [2.05, 4.69) is 40.1 Å². The second-order valence-electron chi connectivity index (χ2n) is 7.86. The van der Waals surface area contributed by atoms with Crippen LogP contribution < -0.4 is 20.4 Å². The third-order valence-electron chi connectivity index (χ3n) is 5.60. The summed E-state index contributed by atoms with van der Waals surface area (Å²) in [6.45, 7) is 3.32. The molecule has 5 rings (SSSR count). The van der Waals surface area contributed by atoms with Gasteiger partial charge in [-0.05, 0) is 43.9 Å². The van der Waals surface area contributed by atoms with E-state index < -0.39 is 5.97 Å². The molecule has 0 bridgehead atoms. The number of hydrogen-bond acceptors (Lipinski definition) is 6. The van der Waals surface area contributed by atoms with Gasteiger partial charge in [0.05, 0.1) is 5.69 Å². The van der Waals surface area contributed by atoms with Gasteiger partial charge >= 0.3 is 0 Å². The number of rotatable bonds is 3. The van der Waals surface area contributed by atoms with Crippen molar-refractivity contribution in [2.45, 2.75) is 45.2 Å². The Bertz CT molecular complexity index is 1010. The minimum atomic E-state index is -0.833. The lowest BCUT2D eigenvalue weighted by atomic mass is 9.92. The summed E-state index contributed by atoms with van der Waals surface area (Å²) in [6, 6.07) is 14.7. The van der Waals surface area contributed by atoms with Crippen LogP contribution in [0.5, 0.6) is 5.75 Å². The Morgan fingerprint density at radius 2 is 1.97 bits per heavy atom. The molecule has 1 aliphatic carbocycles. The van der Waals surface area contributed by atoms with Crippen LogP contribution in [0.2, 0.25) is 0 Å². The molecule has 8 heteroatoms. The number of nitrogens with one attached hydrogen (secondary N) is 2. The summed E-state index contributed by atoms with van der Waals surface area (Å²) in [4.78, 5) is 23.1. The molecular weight excluding hydrogens is 396 g/mol. The number of carbonyl (C=O) groups is 2. The summed E-state index contributed by atoms with van der Waals surface area (Å²) >= 11 is 0. The SMILES string of the molecule is CC(=O)O.CC1C(=O)NN=C2COc3cc(-c4ccccc4)c(NC4CCC4)cc3N21. The Kier molecular flexibility index (Phi) is 5.79. The van der Waals surface area contributed by atoms with Crippen molar-refractivity contribution in [2.75, 3.05) is 16.8 Å². The first-order valence-corrected chi connectivity index (χ1v) is 10.4. The Hall–Kier alpha value is -3.55. The Labute approximate surface area is 180 Å². The number of carbonyl (C=O) groups excluding carboxylic acids is 1. The molecule has 3 aliphatic rings. The van der Waals surface area contributed by atoms with E-state index in [4.69, 9.17) is 14.6 Å². The van der Waals surface area contributed by atoms with Crippen molar-refractivity contribution < 1.29 is 19.4 Å². The lowest BCUT2D eigenvalue weighted by Crippen LogP contribution is -2.55. The van der Waals surface area contributed by atoms with E-state index in [0.29, 0.717) is 12.6 Å². The first kappa shape index (κ1) is 20.7. The minimum absolute atomic E-state index is 0.104. The molecule has 2 aliphatic heterocycles. The van der Waals surface area contributed by atoms with Crippen LogP contribution in [0, 0.1) is 0 Å². The van der Waals surface area contributed by atoms with Crippen LogP contribution in [0.15, 0.2) is 47.6 Å². The van der Waals surface area contributed by atoms with Crippen molar-refractivity contribution >= 4 is 29.1 Å². The van der Waals surface area contributed by atoms with Gasteiger partial charge < -0.3 is 20.1 Å². The van der Waals surface area contributed by atoms with E-state index in [-0.39, 0.29) is 11.9 Å². The van der Waals surface area contributed by atoms with Crippen LogP contribution in [0.1, 0.15) is 33.1 Å². The number of hydrazone groups is 1. The summed E-state index contributed by atoms with van der Waals surface area (Å²) in [7, 11) is 0. The number of amidine groups is 1. The van der Waals surface area contributed by atoms with Crippen LogP contribution >= 0.6 is 0 Å². The van der Waals surface area contributed by atoms with Gasteiger partial charge in [-0.25, -0.2) is 5.43 Å². The highest BCUT2D eigenvalue weighted by Crippen LogP contribution is 2.43. The summed E-state index contributed by atoms with van der Waals surface area (Å²) in [6.07, 6.45) is 3.65. The largest absolute Gasteiger partial charge is 0.483 e. The molecule has 1 unspecified atom stereocenters. The van der Waals surface area contributed by atoms with Gasteiger partial charge in [0.2, 0.25) is 0 Å². The Morgan fingerprint density at radius 3 is 2.61 bits per heavy atom. The van der Waals surface area contributed by atoms with Gasteiger partial charge in [0, 0.05) is 24.2 Å². The Balaban J connectivity index is 0.000000535. The summed E-state index contributed by atoms with van der Waals surface area (Å²) in [5, 5.41) is 15.3. The molecule has 0 radical (unpaired) electrons. The summed E-state index contributed by atoms with van der Waals surface area (Å²) in [5.41, 5.74) is 6.81. The minimum Gasteiger partial charge on any atom is -0.483 e. The number of hydrogen-bond donors (Lipinski definition) is 3. The maximum atomic E-state index is 12.1. The fraction of sp³-hybridized carbons (Fsp3) is 0.348. The number of aliphatic carboxylic acids is 1. The number of fused-ring (bicyclic) bond motifs is 3. The molecule has 1 atom stereocenters. The average Bonchev–Trinajstić information content (AvgIpc) is 2.72. The van der Waals surface area contributed by atoms with Crippen molar-refractivity contribution in [1.82, 2.24) is 5.43 Å². The first-order valence-electron chi connectivity index (χ1n) is 10.4. The quantitative estimate of drug-likeness (QED) is 0.700. The summed E-state index contributed by atoms with van der Waals surface area (Å²) in [5.74, 6) is 0.581. The number of nitrogens with zero attached hydrogens (tertiary/aromatic N) is 2. The lowest BCUT2D eigenvalue weighted by molar-refractivity contribution is -0.134. The zero-order chi connectivity index (χ0) is 22.0. The molecule has 31 heavy (non-hydrogen) atoms. The molecule has 162 valence electrons. The molecule has 8 nitrogen and oxygen atoms in total. The van der Waals surface area contributed by atoms with Crippen LogP contribution in [0.4, 0.5) is 11.4 Å². The standard InChI is InChI=1S/C21H22N4O2.C2H4O2/c1-13-21(26)24-23-20-12-27-19-10-16(14-6-3-2-4-7-14)17(11-18(19)25(13)20)22-15-8-5-9-15;1-2(3)4/h2-4,6-7,10-11,13,15,22H,5,8-9,12H2,1H3,(H,24,26);1H3,(H,3,4). The number of anilines is 2. The topological polar surface area (TPSA) is 103 Å². The second-order valence-corrected chi connectivity index (χ2v) is 7.86. The zero-order valence-corrected chi connectivity index (χ0v) is 17.6. The van der Waals surface area contributed by atoms with Gasteiger partial charge in [0.15, 0.2) is 5.84 Å². The monoisotopic (exact) mass is 422 g/mol. The van der Waals surface area contributed by atoms with Crippen molar-refractivity contribution in [2.24, 2.45) is 5.10 Å². The average molecular weight is 422 g/mol. The number of amides is 1. The van der Waals surface area contributed by atoms with Crippen LogP contribution in [-0.2, 0) is 9.59 Å². The fourth-order valence-electron chi connectivity index (χ4n) is 3.82. The molecule has 0 spiro atoms. The number of carboxylic acid groups (broad SMARTS) is 1. The number of carboxylic acids is 1. The number of benzene rings is 2. The van der Waals surface area contributed by atoms with Gasteiger partial charge in [-0.3, -0.25) is 9.59 Å². The van der Waals surface area contributed by atoms with Gasteiger partial charge in [0.25, 0.3) is 11.9 Å². The predicted molar refractivity (Wildman–Crippen MR) is 119 cm³/mol. The third kappa shape index (κ3) is 4.33. The van der Waals surface area contributed by atoms with Crippen LogP contribution in [0.25, 0.3) is 11.1 Å². The first-order chi connectivity index (χ1) is 14.9. The van der Waals surface area contributed by atoms with Gasteiger partial charge in [0.1, 0.15) is 18.4 Å². The molecule has 1 amide bonds. The molecular formula is C23H26N4O4. The predicted octanol–water partition coefficient (Wildman–Crippen LogP) is 3.44. The van der Waals surface area contributed by atoms with Crippen LogP contribution in [0.3, 0.4) is 0 Å². The van der Waals surface area contributed by atoms with E-state index in [0.717, 1.165) is 41.0 Å². The van der Waals surface area contributed by atoms with E-state index in [9.17, 15) is 4.79 Å². The van der Waals surface area contributed by atoms with Crippen molar-refractivity contribution in [3.8, 4) is 16.9 Å². The van der Waals surface area contributed by atoms with E-state index in [1.807, 2.05) is 30.0 Å². The molecule has 0 aromatic heterocycles. The lowest BCUT2D eigenvalue weighted by Gasteiger charge is -2.39. The zero-order valence-electron chi connectivity index (χ0n) is 17.6. The highest BCUT2D eigenvalue weighted by molar-refractivity contribution is 6.10. The van der Waals surface area contributed by atoms with Crippen molar-refractivity contribution in [3.63, 3.8) is 0 Å². The summed E-state index contributed by atoms with van der Waals surface area (Å²) < 4.78 is 5.99. The van der Waals surface area contributed by atoms with Gasteiger partial charge in [-0.15, -0.1) is 0 Å². The van der Waals surface area contributed by atoms with E-state index in [1.54, 1.807) is 0 Å². The third-order valence-corrected chi connectivity index (χ3v) is 5.60. The molecule has 2 aromatic carbocycles. The van der Waals surface area contributed by atoms with Gasteiger partial charge in [-0.2, -0.15) is 5.10 Å². The maximum absolute atomic E-state index is 12.1. The second kappa shape index (κ2) is 8.67. The van der Waals surface area contributed by atoms with Crippen LogP contribution in [-0.4, -0.2) is 41.5 Å². The maximum Gasteiger partial charge on any atom is 0.300 e. The molecule has 1 fully saturated rings. The molecule has 2 aromatic rings. The highest BCUT2D eigenvalue weighted by Gasteiger charge is 2.36. The van der Waals surface area contributed by atoms with Crippen molar-refractivity contribution in [1.29, 1.82) is 0 Å². The fourth-order valence-corrected chi connectivity index (χ4v) is 3.82. The van der Waals surface area contributed by atoms with Crippen molar-refractivity contribution in [3.05, 3.63) is 42.5 Å². The Morgan fingerprint density at radius 1 is 1.26 bits per heavy atom. The molecule has 3 N–H and O–H groups in total. The van der Waals surface area contributed by atoms with Gasteiger partial charge in [-0.1, -0.05) is 30.3 Å². The van der Waals surface area contributed by atoms with E-state index >= 15 is 0 Å². The normalized spacial score (nSPS) is 19.3.